The van der Waals surface area contributed by atoms with Crippen LogP contribution < -0.4 is 10.6 Å². The summed E-state index contributed by atoms with van der Waals surface area (Å²) >= 11 is 0. The van der Waals surface area contributed by atoms with E-state index in [9.17, 15) is 0 Å². The predicted octanol–water partition coefficient (Wildman–Crippen LogP) is 0.164. The van der Waals surface area contributed by atoms with Gasteiger partial charge in [-0.15, -0.1) is 0 Å². The molecule has 7 heavy (non-hydrogen) atoms. The van der Waals surface area contributed by atoms with Gasteiger partial charge in [-0.1, -0.05) is 0 Å². The molecule has 1 rings (SSSR count). The Balaban J connectivity index is 2.38. The van der Waals surface area contributed by atoms with E-state index in [0.717, 1.165) is 6.54 Å². The molecule has 1 aliphatic rings. The average molecular weight is 96.1 g/mol. The van der Waals surface area contributed by atoms with Gasteiger partial charge in [0, 0.05) is 18.9 Å². The minimum absolute atomic E-state index is 0.920. The minimum atomic E-state index is 0.920. The molecule has 38 valence electrons. The second-order valence-corrected chi connectivity index (χ2v) is 1.31. The fourth-order valence-corrected chi connectivity index (χ4v) is 0.426. The molecular weight excluding hydrogens is 88.1 g/mol. The Morgan fingerprint density at radius 3 is 3.14 bits per heavy atom. The first-order valence-electron chi connectivity index (χ1n) is 2.29. The monoisotopic (exact) mass is 96.1 g/mol. The summed E-state index contributed by atoms with van der Waals surface area (Å²) in [7, 11) is 0. The summed E-state index contributed by atoms with van der Waals surface area (Å²) in [6.07, 6.45) is 7.64. The van der Waals surface area contributed by atoms with E-state index in [1.54, 1.807) is 0 Å². The smallest absolute Gasteiger partial charge is 0.0342 e. The van der Waals surface area contributed by atoms with E-state index in [1.807, 2.05) is 24.7 Å². The van der Waals surface area contributed by atoms with Crippen LogP contribution in [0.4, 0.5) is 0 Å². The van der Waals surface area contributed by atoms with Gasteiger partial charge in [0.25, 0.3) is 0 Å². The first-order valence-corrected chi connectivity index (χ1v) is 2.29. The third-order valence-corrected chi connectivity index (χ3v) is 0.747. The van der Waals surface area contributed by atoms with Crippen LogP contribution in [0.1, 0.15) is 0 Å². The normalized spacial score (nSPS) is 17.1. The largest absolute Gasteiger partial charge is 0.386 e. The van der Waals surface area contributed by atoms with E-state index in [4.69, 9.17) is 0 Å². The lowest BCUT2D eigenvalue weighted by atomic mass is 10.6. The van der Waals surface area contributed by atoms with E-state index in [1.165, 1.54) is 0 Å². The fraction of sp³-hybridized carbons (Fsp3) is 0.200. The van der Waals surface area contributed by atoms with E-state index >= 15 is 0 Å². The Hall–Kier alpha value is -0.920. The second-order valence-electron chi connectivity index (χ2n) is 1.31. The van der Waals surface area contributed by atoms with Crippen LogP contribution in [-0.2, 0) is 0 Å². The van der Waals surface area contributed by atoms with Crippen LogP contribution in [0, 0.1) is 0 Å². The second kappa shape index (κ2) is 2.29. The van der Waals surface area contributed by atoms with Crippen LogP contribution >= 0.6 is 0 Å². The molecule has 0 unspecified atom stereocenters. The number of hydrogen-bond acceptors (Lipinski definition) is 2. The summed E-state index contributed by atoms with van der Waals surface area (Å²) < 4.78 is 0. The van der Waals surface area contributed by atoms with Crippen molar-refractivity contribution in [2.75, 3.05) is 6.54 Å². The van der Waals surface area contributed by atoms with Crippen molar-refractivity contribution in [1.29, 1.82) is 0 Å². The van der Waals surface area contributed by atoms with Crippen molar-refractivity contribution < 1.29 is 0 Å². The molecule has 1 aliphatic heterocycles. The van der Waals surface area contributed by atoms with Gasteiger partial charge >= 0.3 is 0 Å². The lowest BCUT2D eigenvalue weighted by Crippen LogP contribution is -2.01. The standard InChI is InChI=1S/C5H8N2/c1-2-6-4-5-7-3-1/h1-2,4-7H,3H2. The molecule has 1 heterocycles. The van der Waals surface area contributed by atoms with Crippen molar-refractivity contribution in [1.82, 2.24) is 10.6 Å². The van der Waals surface area contributed by atoms with Crippen LogP contribution in [0.5, 0.6) is 0 Å². The van der Waals surface area contributed by atoms with E-state index in [-0.39, 0.29) is 0 Å². The summed E-state index contributed by atoms with van der Waals surface area (Å²) in [6.45, 7) is 0.920. The van der Waals surface area contributed by atoms with E-state index < -0.39 is 0 Å². The van der Waals surface area contributed by atoms with Crippen LogP contribution in [0.2, 0.25) is 0 Å². The number of rotatable bonds is 0. The Labute approximate surface area is 42.9 Å². The molecule has 0 saturated heterocycles. The predicted molar refractivity (Wildman–Crippen MR) is 29.4 cm³/mol. The van der Waals surface area contributed by atoms with Gasteiger partial charge in [0.1, 0.15) is 0 Å². The minimum Gasteiger partial charge on any atom is -0.386 e. The van der Waals surface area contributed by atoms with Gasteiger partial charge in [-0.3, -0.25) is 0 Å². The Bertz CT molecular complexity index is 82.3. The summed E-state index contributed by atoms with van der Waals surface area (Å²) in [6, 6.07) is 0. The highest BCUT2D eigenvalue weighted by Gasteiger charge is 1.74. The summed E-state index contributed by atoms with van der Waals surface area (Å²) in [5.74, 6) is 0. The SMILES string of the molecule is C1=CNC=CNC1. The van der Waals surface area contributed by atoms with Gasteiger partial charge in [-0.2, -0.15) is 0 Å². The van der Waals surface area contributed by atoms with Crippen molar-refractivity contribution in [2.45, 2.75) is 0 Å². The summed E-state index contributed by atoms with van der Waals surface area (Å²) in [5.41, 5.74) is 0. The molecule has 0 atom stereocenters. The van der Waals surface area contributed by atoms with Gasteiger partial charge in [0.05, 0.1) is 0 Å². The lowest BCUT2D eigenvalue weighted by Gasteiger charge is -1.84. The molecule has 0 aromatic heterocycles. The van der Waals surface area contributed by atoms with Crippen LogP contribution in [0.15, 0.2) is 24.7 Å². The van der Waals surface area contributed by atoms with E-state index in [0.29, 0.717) is 0 Å². The number of nitrogens with one attached hydrogen (secondary N) is 2. The van der Waals surface area contributed by atoms with Gasteiger partial charge in [0.15, 0.2) is 0 Å². The molecule has 0 fully saturated rings. The molecule has 0 radical (unpaired) electrons. The maximum atomic E-state index is 3.02. The van der Waals surface area contributed by atoms with Gasteiger partial charge in [-0.05, 0) is 12.3 Å². The molecule has 0 aromatic rings. The van der Waals surface area contributed by atoms with Gasteiger partial charge in [-0.25, -0.2) is 0 Å². The van der Waals surface area contributed by atoms with Crippen molar-refractivity contribution in [2.24, 2.45) is 0 Å². The van der Waals surface area contributed by atoms with Crippen LogP contribution in [0.25, 0.3) is 0 Å². The zero-order valence-electron chi connectivity index (χ0n) is 4.02. The molecule has 0 saturated carbocycles. The highest BCUT2D eigenvalue weighted by atomic mass is 14.9. The Morgan fingerprint density at radius 1 is 1.14 bits per heavy atom. The zero-order chi connectivity index (χ0) is 4.95. The quantitative estimate of drug-likeness (QED) is 0.449. The van der Waals surface area contributed by atoms with Crippen molar-refractivity contribution in [3.63, 3.8) is 0 Å². The molecule has 2 heteroatoms. The highest BCUT2D eigenvalue weighted by molar-refractivity contribution is 4.94. The maximum absolute atomic E-state index is 3.02. The summed E-state index contributed by atoms with van der Waals surface area (Å²) in [4.78, 5) is 0. The van der Waals surface area contributed by atoms with Crippen LogP contribution in [0.3, 0.4) is 0 Å². The summed E-state index contributed by atoms with van der Waals surface area (Å²) in [5, 5.41) is 5.94. The van der Waals surface area contributed by atoms with E-state index in [2.05, 4.69) is 10.6 Å². The zero-order valence-corrected chi connectivity index (χ0v) is 4.02. The first-order chi connectivity index (χ1) is 3.50. The Kier molecular flexibility index (Phi) is 1.39. The highest BCUT2D eigenvalue weighted by Crippen LogP contribution is 1.72. The third-order valence-electron chi connectivity index (χ3n) is 0.747. The van der Waals surface area contributed by atoms with Crippen LogP contribution in [-0.4, -0.2) is 6.54 Å². The maximum Gasteiger partial charge on any atom is 0.0342 e. The van der Waals surface area contributed by atoms with Crippen molar-refractivity contribution in [3.8, 4) is 0 Å². The third kappa shape index (κ3) is 1.30. The average Bonchev–Trinajstić information content (AvgIpc) is 1.90. The molecular formula is C5H8N2. The molecule has 2 nitrogen and oxygen atoms in total. The van der Waals surface area contributed by atoms with Gasteiger partial charge < -0.3 is 10.6 Å². The lowest BCUT2D eigenvalue weighted by molar-refractivity contribution is 0.990. The fourth-order valence-electron chi connectivity index (χ4n) is 0.426. The van der Waals surface area contributed by atoms with Crippen molar-refractivity contribution >= 4 is 0 Å². The Morgan fingerprint density at radius 2 is 2.14 bits per heavy atom. The molecule has 2 N–H and O–H groups in total. The topological polar surface area (TPSA) is 24.1 Å². The number of hydrogen-bond donors (Lipinski definition) is 2. The molecule has 0 bridgehead atoms. The molecule has 0 aromatic carbocycles. The molecule has 0 aliphatic carbocycles. The molecule has 0 amide bonds. The van der Waals surface area contributed by atoms with Crippen molar-refractivity contribution in [3.05, 3.63) is 24.7 Å². The molecule has 0 spiro atoms. The van der Waals surface area contributed by atoms with Gasteiger partial charge in [0.2, 0.25) is 0 Å². The first kappa shape index (κ1) is 4.24.